The zero-order chi connectivity index (χ0) is 30.2. The van der Waals surface area contributed by atoms with Gasteiger partial charge in [-0.1, -0.05) is 42.5 Å². The highest BCUT2D eigenvalue weighted by atomic mass is 19.4. The summed E-state index contributed by atoms with van der Waals surface area (Å²) in [6, 6.07) is 4.26. The van der Waals surface area contributed by atoms with Gasteiger partial charge in [-0.25, -0.2) is 8.78 Å². The van der Waals surface area contributed by atoms with Crippen LogP contribution in [0.3, 0.4) is 0 Å². The van der Waals surface area contributed by atoms with Crippen molar-refractivity contribution in [1.82, 2.24) is 14.7 Å². The average Bonchev–Trinajstić information content (AvgIpc) is 3.37. The number of nitrogens with one attached hydrogen (secondary N) is 1. The number of hydrogen-bond donors (Lipinski definition) is 2. The fourth-order valence-electron chi connectivity index (χ4n) is 4.74. The summed E-state index contributed by atoms with van der Waals surface area (Å²) in [7, 11) is 0. The lowest BCUT2D eigenvalue weighted by molar-refractivity contribution is -0.137. The molecule has 3 N–H and O–H groups in total. The molecule has 1 atom stereocenters. The Labute approximate surface area is 235 Å². The average molecular weight is 586 g/mol. The molecule has 2 aromatic carbocycles. The van der Waals surface area contributed by atoms with Gasteiger partial charge in [0, 0.05) is 23.6 Å². The van der Waals surface area contributed by atoms with E-state index in [-0.39, 0.29) is 51.4 Å². The molecule has 0 saturated heterocycles. The number of allylic oxidation sites excluding steroid dienone is 4. The lowest BCUT2D eigenvalue weighted by Crippen LogP contribution is -2.22. The summed E-state index contributed by atoms with van der Waals surface area (Å²) in [5, 5.41) is 6.34. The van der Waals surface area contributed by atoms with E-state index in [0.29, 0.717) is 12.5 Å². The predicted octanol–water partition coefficient (Wildman–Crippen LogP) is 5.36. The van der Waals surface area contributed by atoms with Crippen molar-refractivity contribution in [2.45, 2.75) is 32.5 Å². The summed E-state index contributed by atoms with van der Waals surface area (Å²) in [6.07, 6.45) is 5.50. The first kappa shape index (κ1) is 28.7. The number of hydrogen-bond acceptors (Lipinski definition) is 6. The van der Waals surface area contributed by atoms with Gasteiger partial charge >= 0.3 is 6.18 Å². The van der Waals surface area contributed by atoms with E-state index < -0.39 is 41.3 Å². The van der Waals surface area contributed by atoms with E-state index in [1.807, 2.05) is 31.2 Å². The van der Waals surface area contributed by atoms with Crippen LogP contribution in [0.25, 0.3) is 22.3 Å². The van der Waals surface area contributed by atoms with Crippen molar-refractivity contribution >= 4 is 22.5 Å². The van der Waals surface area contributed by atoms with Crippen LogP contribution in [0.2, 0.25) is 0 Å². The predicted molar refractivity (Wildman–Crippen MR) is 144 cm³/mol. The first-order valence-electron chi connectivity index (χ1n) is 12.7. The molecule has 218 valence electrons. The van der Waals surface area contributed by atoms with Gasteiger partial charge in [-0.15, -0.1) is 0 Å². The number of alkyl halides is 3. The Balaban J connectivity index is 1.61. The van der Waals surface area contributed by atoms with Crippen molar-refractivity contribution in [1.29, 1.82) is 0 Å². The van der Waals surface area contributed by atoms with Crippen LogP contribution in [0, 0.1) is 17.0 Å². The third-order valence-corrected chi connectivity index (χ3v) is 6.94. The lowest BCUT2D eigenvalue weighted by atomic mass is 9.81. The minimum absolute atomic E-state index is 0.0891. The van der Waals surface area contributed by atoms with Gasteiger partial charge in [-0.05, 0) is 36.1 Å². The van der Waals surface area contributed by atoms with Crippen LogP contribution in [-0.2, 0) is 23.9 Å². The molecule has 2 aromatic heterocycles. The van der Waals surface area contributed by atoms with Crippen LogP contribution in [0.4, 0.5) is 27.6 Å². The Morgan fingerprint density at radius 3 is 2.62 bits per heavy atom. The maximum absolute atomic E-state index is 15.0. The van der Waals surface area contributed by atoms with Crippen LogP contribution < -0.4 is 16.5 Å². The first-order chi connectivity index (χ1) is 19.8. The molecular formula is C29H24F5N5O3. The molecule has 5 rings (SSSR count). The zero-order valence-electron chi connectivity index (χ0n) is 22.1. The molecule has 0 aliphatic heterocycles. The number of carbonyl (C=O) groups excluding carboxylic acids is 1. The highest BCUT2D eigenvalue weighted by Crippen LogP contribution is 2.33. The Bertz CT molecular complexity index is 1810. The molecule has 1 aliphatic rings. The number of pyridine rings is 1. The molecule has 4 aromatic rings. The maximum Gasteiger partial charge on any atom is 0.416 e. The van der Waals surface area contributed by atoms with Crippen LogP contribution in [0.1, 0.15) is 30.4 Å². The van der Waals surface area contributed by atoms with E-state index >= 15 is 0 Å². The Morgan fingerprint density at radius 1 is 1.17 bits per heavy atom. The Kier molecular flexibility index (Phi) is 7.43. The molecule has 1 aliphatic carbocycles. The minimum atomic E-state index is -4.74. The Hall–Kier alpha value is -4.81. The molecule has 1 unspecified atom stereocenters. The third kappa shape index (κ3) is 5.94. The van der Waals surface area contributed by atoms with Crippen LogP contribution in [0.5, 0.6) is 0 Å². The van der Waals surface area contributed by atoms with Gasteiger partial charge in [0.05, 0.1) is 35.4 Å². The highest BCUT2D eigenvalue weighted by molar-refractivity contribution is 5.87. The number of fused-ring (bicyclic) bond motifs is 1. The van der Waals surface area contributed by atoms with Gasteiger partial charge in [-0.3, -0.25) is 9.59 Å². The number of amides is 1. The SMILES string of the molecule is CC1(Cc2nc(-c3cn(Cc4ccc(C(F)(F)F)cc4F)c4cc(NCC(N)=O)c(F)cc4c3=O)no2)C=CC=CC1. The number of halogens is 5. The normalized spacial score (nSPS) is 16.7. The molecule has 0 spiro atoms. The van der Waals surface area contributed by atoms with Crippen LogP contribution in [0.15, 0.2) is 70.2 Å². The molecular weight excluding hydrogens is 561 g/mol. The zero-order valence-corrected chi connectivity index (χ0v) is 22.1. The molecule has 42 heavy (non-hydrogen) atoms. The number of benzene rings is 2. The quantitative estimate of drug-likeness (QED) is 0.269. The molecule has 2 heterocycles. The van der Waals surface area contributed by atoms with E-state index in [1.165, 1.54) is 16.8 Å². The molecule has 13 heteroatoms. The third-order valence-electron chi connectivity index (χ3n) is 6.94. The molecule has 0 saturated carbocycles. The van der Waals surface area contributed by atoms with Crippen LogP contribution in [-0.4, -0.2) is 27.2 Å². The minimum Gasteiger partial charge on any atom is -0.374 e. The van der Waals surface area contributed by atoms with E-state index in [1.54, 1.807) is 0 Å². The summed E-state index contributed by atoms with van der Waals surface area (Å²) in [6.45, 7) is 1.26. The number of primary amides is 1. The fourth-order valence-corrected chi connectivity index (χ4v) is 4.74. The van der Waals surface area contributed by atoms with Gasteiger partial charge in [0.1, 0.15) is 11.6 Å². The number of aromatic nitrogens is 3. The van der Waals surface area contributed by atoms with Gasteiger partial charge < -0.3 is 20.1 Å². The summed E-state index contributed by atoms with van der Waals surface area (Å²) < 4.78 is 75.9. The highest BCUT2D eigenvalue weighted by Gasteiger charge is 2.31. The monoisotopic (exact) mass is 585 g/mol. The fraction of sp³-hybridized carbons (Fsp3) is 0.241. The molecule has 0 bridgehead atoms. The van der Waals surface area contributed by atoms with Gasteiger partial charge in [0.15, 0.2) is 0 Å². The first-order valence-corrected chi connectivity index (χ1v) is 12.7. The standard InChI is InChI=1S/C29H24F5N5O3/c1-28(7-3-2-4-8-28)12-25-37-27(38-42-25)19-15-39(14-16-5-6-17(9-20(16)30)29(32,33)34)23-11-22(36-13-24(35)40)21(31)10-18(23)26(19)41/h2-7,9-11,15,36H,8,12-14H2,1H3,(H2,35,40). The van der Waals surface area contributed by atoms with Crippen molar-refractivity contribution in [2.24, 2.45) is 11.1 Å². The summed E-state index contributed by atoms with van der Waals surface area (Å²) >= 11 is 0. The van der Waals surface area contributed by atoms with Crippen molar-refractivity contribution in [3.63, 3.8) is 0 Å². The number of carbonyl (C=O) groups is 1. The van der Waals surface area contributed by atoms with E-state index in [4.69, 9.17) is 10.3 Å². The van der Waals surface area contributed by atoms with Gasteiger partial charge in [-0.2, -0.15) is 18.2 Å². The lowest BCUT2D eigenvalue weighted by Gasteiger charge is -2.24. The number of nitrogens with two attached hydrogens (primary N) is 1. The molecule has 0 fully saturated rings. The second-order valence-corrected chi connectivity index (χ2v) is 10.3. The number of rotatable bonds is 8. The van der Waals surface area contributed by atoms with Crippen molar-refractivity contribution in [2.75, 3.05) is 11.9 Å². The number of anilines is 1. The molecule has 1 amide bonds. The van der Waals surface area contributed by atoms with Crippen molar-refractivity contribution in [3.05, 3.63) is 99.7 Å². The summed E-state index contributed by atoms with van der Waals surface area (Å²) in [5.41, 5.74) is 2.74. The van der Waals surface area contributed by atoms with Crippen molar-refractivity contribution in [3.8, 4) is 11.4 Å². The molecule has 0 radical (unpaired) electrons. The molecule has 8 nitrogen and oxygen atoms in total. The second kappa shape index (κ2) is 10.9. The summed E-state index contributed by atoms with van der Waals surface area (Å²) in [5.74, 6) is -2.60. The van der Waals surface area contributed by atoms with E-state index in [2.05, 4.69) is 15.5 Å². The topological polar surface area (TPSA) is 116 Å². The van der Waals surface area contributed by atoms with E-state index in [0.717, 1.165) is 24.6 Å². The maximum atomic E-state index is 15.0. The smallest absolute Gasteiger partial charge is 0.374 e. The summed E-state index contributed by atoms with van der Waals surface area (Å²) in [4.78, 5) is 29.1. The van der Waals surface area contributed by atoms with Gasteiger partial charge in [0.25, 0.3) is 0 Å². The second-order valence-electron chi connectivity index (χ2n) is 10.3. The number of nitrogens with zero attached hydrogens (tertiary/aromatic N) is 3. The Morgan fingerprint density at radius 2 is 1.95 bits per heavy atom. The van der Waals surface area contributed by atoms with E-state index in [9.17, 15) is 31.5 Å². The van der Waals surface area contributed by atoms with Crippen molar-refractivity contribution < 1.29 is 31.3 Å². The van der Waals surface area contributed by atoms with Gasteiger partial charge in [0.2, 0.25) is 23.1 Å². The van der Waals surface area contributed by atoms with Crippen LogP contribution >= 0.6 is 0 Å². The largest absolute Gasteiger partial charge is 0.416 e.